The molecule has 0 radical (unpaired) electrons. The molecule has 0 atom stereocenters. The van der Waals surface area contributed by atoms with Crippen LogP contribution < -0.4 is 5.32 Å². The molecule has 2 aliphatic rings. The Labute approximate surface area is 85.5 Å². The average Bonchev–Trinajstić information content (AvgIpc) is 2.55. The van der Waals surface area contributed by atoms with E-state index in [0.717, 1.165) is 6.42 Å². The van der Waals surface area contributed by atoms with Crippen LogP contribution in [0, 0.1) is 0 Å². The minimum Gasteiger partial charge on any atom is -0.315 e. The Hall–Kier alpha value is -0.820. The van der Waals surface area contributed by atoms with Gasteiger partial charge in [0, 0.05) is 18.5 Å². The smallest absolute Gasteiger partial charge is 0.0208 e. The molecule has 0 unspecified atom stereocenters. The second kappa shape index (κ2) is 2.83. The number of fused-ring (bicyclic) bond motifs is 2. The van der Waals surface area contributed by atoms with E-state index in [-0.39, 0.29) is 0 Å². The van der Waals surface area contributed by atoms with Crippen LogP contribution in [-0.2, 0) is 18.3 Å². The van der Waals surface area contributed by atoms with Crippen LogP contribution in [0.5, 0.6) is 0 Å². The van der Waals surface area contributed by atoms with E-state index in [1.807, 2.05) is 0 Å². The van der Waals surface area contributed by atoms with Crippen molar-refractivity contribution in [1.82, 2.24) is 5.32 Å². The summed E-state index contributed by atoms with van der Waals surface area (Å²) >= 11 is 0. The minimum absolute atomic E-state index is 0.528. The Bertz CT molecular complexity index is 363. The topological polar surface area (TPSA) is 12.0 Å². The van der Waals surface area contributed by atoms with Crippen molar-refractivity contribution in [1.29, 1.82) is 0 Å². The van der Waals surface area contributed by atoms with Gasteiger partial charge in [0.1, 0.15) is 0 Å². The normalized spacial score (nSPS) is 22.1. The quantitative estimate of drug-likeness (QED) is 0.709. The molecule has 1 saturated heterocycles. The molecule has 1 heteroatoms. The summed E-state index contributed by atoms with van der Waals surface area (Å²) in [6.45, 7) is 4.64. The predicted octanol–water partition coefficient (Wildman–Crippen LogP) is 2.04. The van der Waals surface area contributed by atoms with Gasteiger partial charge >= 0.3 is 0 Å². The highest BCUT2D eigenvalue weighted by molar-refractivity contribution is 5.44. The molecule has 1 aromatic rings. The Morgan fingerprint density at radius 3 is 2.86 bits per heavy atom. The molecule has 1 fully saturated rings. The third-order valence-corrected chi connectivity index (χ3v) is 3.95. The Morgan fingerprint density at radius 2 is 2.21 bits per heavy atom. The first-order chi connectivity index (χ1) is 6.84. The van der Waals surface area contributed by atoms with Crippen LogP contribution in [0.1, 0.15) is 30.0 Å². The van der Waals surface area contributed by atoms with Crippen LogP contribution in [0.4, 0.5) is 0 Å². The lowest BCUT2D eigenvalue weighted by molar-refractivity contribution is 0.276. The molecule has 1 aliphatic carbocycles. The van der Waals surface area contributed by atoms with Crippen molar-refractivity contribution < 1.29 is 0 Å². The van der Waals surface area contributed by atoms with Crippen LogP contribution in [-0.4, -0.2) is 13.1 Å². The maximum Gasteiger partial charge on any atom is 0.0208 e. The van der Waals surface area contributed by atoms with E-state index >= 15 is 0 Å². The summed E-state index contributed by atoms with van der Waals surface area (Å²) < 4.78 is 0. The van der Waals surface area contributed by atoms with E-state index in [1.54, 1.807) is 11.1 Å². The molecule has 74 valence electrons. The summed E-state index contributed by atoms with van der Waals surface area (Å²) in [5.41, 5.74) is 5.27. The molecule has 0 amide bonds. The molecule has 0 aromatic heterocycles. The van der Waals surface area contributed by atoms with E-state index in [0.29, 0.717) is 5.41 Å². The van der Waals surface area contributed by atoms with Crippen molar-refractivity contribution in [3.05, 3.63) is 34.9 Å². The van der Waals surface area contributed by atoms with E-state index in [1.165, 1.54) is 31.5 Å². The van der Waals surface area contributed by atoms with Crippen molar-refractivity contribution in [2.45, 2.75) is 31.6 Å². The number of rotatable bonds is 1. The maximum atomic E-state index is 3.42. The fourth-order valence-electron chi connectivity index (χ4n) is 2.86. The lowest BCUT2D eigenvalue weighted by atomic mass is 9.76. The second-order valence-corrected chi connectivity index (χ2v) is 4.73. The number of aryl methyl sites for hydroxylation is 2. The highest BCUT2D eigenvalue weighted by atomic mass is 15.0. The zero-order valence-corrected chi connectivity index (χ0v) is 8.77. The van der Waals surface area contributed by atoms with Crippen LogP contribution in [0.15, 0.2) is 18.2 Å². The largest absolute Gasteiger partial charge is 0.315 e. The van der Waals surface area contributed by atoms with E-state index < -0.39 is 0 Å². The molecule has 1 aliphatic heterocycles. The second-order valence-electron chi connectivity index (χ2n) is 4.73. The van der Waals surface area contributed by atoms with Crippen molar-refractivity contribution in [2.75, 3.05) is 13.1 Å². The molecule has 0 bridgehead atoms. The van der Waals surface area contributed by atoms with Crippen molar-refractivity contribution in [3.8, 4) is 0 Å². The molecular weight excluding hydrogens is 170 g/mol. The average molecular weight is 187 g/mol. The number of benzene rings is 1. The van der Waals surface area contributed by atoms with Gasteiger partial charge in [-0.25, -0.2) is 0 Å². The fourth-order valence-corrected chi connectivity index (χ4v) is 2.86. The molecule has 14 heavy (non-hydrogen) atoms. The number of nitrogens with one attached hydrogen (secondary N) is 1. The molecule has 1 spiro atoms. The van der Waals surface area contributed by atoms with Gasteiger partial charge in [-0.1, -0.05) is 25.1 Å². The molecule has 1 N–H and O–H groups in total. The van der Waals surface area contributed by atoms with Crippen molar-refractivity contribution in [3.63, 3.8) is 0 Å². The van der Waals surface area contributed by atoms with Gasteiger partial charge in [-0.2, -0.15) is 0 Å². The first-order valence-electron chi connectivity index (χ1n) is 5.67. The van der Waals surface area contributed by atoms with E-state index in [4.69, 9.17) is 0 Å². The monoisotopic (exact) mass is 187 g/mol. The van der Waals surface area contributed by atoms with Gasteiger partial charge in [0.2, 0.25) is 0 Å². The lowest BCUT2D eigenvalue weighted by Gasteiger charge is -2.40. The zero-order valence-electron chi connectivity index (χ0n) is 8.77. The first kappa shape index (κ1) is 8.49. The van der Waals surface area contributed by atoms with E-state index in [9.17, 15) is 0 Å². The Kier molecular flexibility index (Phi) is 1.72. The lowest BCUT2D eigenvalue weighted by Crippen LogP contribution is -2.55. The molecule has 0 saturated carbocycles. The summed E-state index contributed by atoms with van der Waals surface area (Å²) in [4.78, 5) is 0. The van der Waals surface area contributed by atoms with Crippen LogP contribution in [0.3, 0.4) is 0 Å². The van der Waals surface area contributed by atoms with Crippen LogP contribution in [0.2, 0.25) is 0 Å². The van der Waals surface area contributed by atoms with Gasteiger partial charge in [0.25, 0.3) is 0 Å². The number of hydrogen-bond donors (Lipinski definition) is 1. The summed E-state index contributed by atoms with van der Waals surface area (Å²) in [6, 6.07) is 7.09. The third kappa shape index (κ3) is 0.992. The van der Waals surface area contributed by atoms with Gasteiger partial charge < -0.3 is 5.32 Å². The Morgan fingerprint density at radius 1 is 1.36 bits per heavy atom. The van der Waals surface area contributed by atoms with Crippen LogP contribution >= 0.6 is 0 Å². The highest BCUT2D eigenvalue weighted by Gasteiger charge is 2.43. The zero-order chi connectivity index (χ0) is 9.60. The third-order valence-electron chi connectivity index (χ3n) is 3.95. The molecule has 1 heterocycles. The summed E-state index contributed by atoms with van der Waals surface area (Å²) in [7, 11) is 0. The van der Waals surface area contributed by atoms with Gasteiger partial charge in [-0.15, -0.1) is 0 Å². The van der Waals surface area contributed by atoms with Gasteiger partial charge in [-0.3, -0.25) is 0 Å². The Balaban J connectivity index is 2.08. The van der Waals surface area contributed by atoms with Crippen molar-refractivity contribution >= 4 is 0 Å². The van der Waals surface area contributed by atoms with Gasteiger partial charge in [0.05, 0.1) is 0 Å². The fraction of sp³-hybridized carbons (Fsp3) is 0.538. The molecular formula is C13H17N. The maximum absolute atomic E-state index is 3.42. The summed E-state index contributed by atoms with van der Waals surface area (Å²) in [5, 5.41) is 3.42. The van der Waals surface area contributed by atoms with Crippen molar-refractivity contribution in [2.24, 2.45) is 0 Å². The van der Waals surface area contributed by atoms with Gasteiger partial charge in [0.15, 0.2) is 0 Å². The standard InChI is InChI=1S/C13H17N/c1-2-10-3-4-11-5-6-13(8-14-9-13)12(11)7-10/h3-4,7,14H,2,5-6,8-9H2,1H3. The molecule has 1 aromatic carbocycles. The number of hydrogen-bond acceptors (Lipinski definition) is 1. The van der Waals surface area contributed by atoms with Crippen LogP contribution in [0.25, 0.3) is 0 Å². The molecule has 1 nitrogen and oxygen atoms in total. The first-order valence-corrected chi connectivity index (χ1v) is 5.67. The molecule has 3 rings (SSSR count). The van der Waals surface area contributed by atoms with E-state index in [2.05, 4.69) is 30.4 Å². The summed E-state index contributed by atoms with van der Waals surface area (Å²) in [5.74, 6) is 0. The SMILES string of the molecule is CCc1ccc2c(c1)C1(CC2)CNC1. The predicted molar refractivity (Wildman–Crippen MR) is 58.7 cm³/mol. The van der Waals surface area contributed by atoms with Gasteiger partial charge in [-0.05, 0) is 36.0 Å². The summed E-state index contributed by atoms with van der Waals surface area (Å²) in [6.07, 6.45) is 3.82. The minimum atomic E-state index is 0.528. The highest BCUT2D eigenvalue weighted by Crippen LogP contribution is 2.42.